The van der Waals surface area contributed by atoms with Crippen molar-refractivity contribution in [1.82, 2.24) is 9.80 Å². The van der Waals surface area contributed by atoms with Gasteiger partial charge in [0.15, 0.2) is 11.6 Å². The molecule has 3 aromatic rings. The van der Waals surface area contributed by atoms with Crippen molar-refractivity contribution in [2.45, 2.75) is 44.2 Å². The standard InChI is InChI=1S/C38H33BrN2O5/c39-30-19-31(42)34-29(36(30)44)18-28-25(32(34)26-11-10-22-8-4-5-9-24(22)35(26)43)12-13-27-33(28)38(46)41(37(27)45)23-14-16-40(17-15-23)20-21-6-2-1-3-7-21/h1-12,19,23,27-28,32-33,43H,13-18,20H2/t27-,28+,32+,33-/m0/s1. The molecule has 3 aromatic carbocycles. The molecule has 0 unspecified atom stereocenters. The summed E-state index contributed by atoms with van der Waals surface area (Å²) in [6.45, 7) is 2.44. The fraction of sp³-hybridized carbons (Fsp3) is 0.316. The number of benzene rings is 3. The fourth-order valence-electron chi connectivity index (χ4n) is 8.63. The number of aromatic hydroxyl groups is 1. The molecule has 0 radical (unpaired) electrons. The van der Waals surface area contributed by atoms with E-state index in [4.69, 9.17) is 0 Å². The summed E-state index contributed by atoms with van der Waals surface area (Å²) in [7, 11) is 0. The smallest absolute Gasteiger partial charge is 0.233 e. The Bertz CT molecular complexity index is 1920. The normalized spacial score (nSPS) is 27.0. The highest BCUT2D eigenvalue weighted by Gasteiger charge is 2.57. The van der Waals surface area contributed by atoms with Gasteiger partial charge >= 0.3 is 0 Å². The number of amides is 2. The molecule has 2 saturated heterocycles. The van der Waals surface area contributed by atoms with Crippen molar-refractivity contribution in [3.05, 3.63) is 111 Å². The third kappa shape index (κ3) is 4.56. The van der Waals surface area contributed by atoms with Gasteiger partial charge in [0.25, 0.3) is 0 Å². The highest BCUT2D eigenvalue weighted by Crippen LogP contribution is 2.57. The summed E-state index contributed by atoms with van der Waals surface area (Å²) in [6, 6.07) is 21.4. The summed E-state index contributed by atoms with van der Waals surface area (Å²) >= 11 is 3.29. The minimum Gasteiger partial charge on any atom is -0.507 e. The Morgan fingerprint density at radius 2 is 1.59 bits per heavy atom. The molecule has 0 saturated carbocycles. The minimum absolute atomic E-state index is 0.0604. The van der Waals surface area contributed by atoms with Crippen LogP contribution in [0.1, 0.15) is 42.7 Å². The fourth-order valence-corrected chi connectivity index (χ4v) is 9.08. The molecule has 8 heteroatoms. The second-order valence-corrected chi connectivity index (χ2v) is 14.0. The summed E-state index contributed by atoms with van der Waals surface area (Å²) in [5.41, 5.74) is 3.35. The number of halogens is 1. The maximum absolute atomic E-state index is 14.4. The van der Waals surface area contributed by atoms with E-state index in [0.29, 0.717) is 28.5 Å². The first kappa shape index (κ1) is 29.3. The van der Waals surface area contributed by atoms with Crippen LogP contribution in [0.3, 0.4) is 0 Å². The third-order valence-corrected chi connectivity index (χ3v) is 11.4. The number of phenols is 1. The topological polar surface area (TPSA) is 95.0 Å². The minimum atomic E-state index is -0.689. The van der Waals surface area contributed by atoms with Gasteiger partial charge in [0.2, 0.25) is 11.8 Å². The van der Waals surface area contributed by atoms with Gasteiger partial charge < -0.3 is 5.11 Å². The zero-order valence-corrected chi connectivity index (χ0v) is 26.8. The Morgan fingerprint density at radius 3 is 2.37 bits per heavy atom. The number of hydrogen-bond donors (Lipinski definition) is 1. The monoisotopic (exact) mass is 676 g/mol. The predicted molar refractivity (Wildman–Crippen MR) is 177 cm³/mol. The SMILES string of the molecule is O=C1C=C(Br)C(=O)C2=C1[C@@H](c1ccc3ccccc3c1O)C1=CC[C@@H]3C(=O)N(C4CCN(Cc5ccccc5)CC4)C(=O)[C@@H]3[C@@H]1C2. The van der Waals surface area contributed by atoms with E-state index in [9.17, 15) is 24.3 Å². The van der Waals surface area contributed by atoms with E-state index < -0.39 is 23.7 Å². The summed E-state index contributed by atoms with van der Waals surface area (Å²) in [5, 5.41) is 13.1. The average molecular weight is 678 g/mol. The van der Waals surface area contributed by atoms with Crippen LogP contribution in [0.4, 0.5) is 0 Å². The van der Waals surface area contributed by atoms with E-state index in [2.05, 4.69) is 33.0 Å². The van der Waals surface area contributed by atoms with Crippen molar-refractivity contribution in [3.63, 3.8) is 0 Å². The number of fused-ring (bicyclic) bond motifs is 4. The molecule has 2 amide bonds. The second-order valence-electron chi connectivity index (χ2n) is 13.2. The first-order valence-electron chi connectivity index (χ1n) is 16.0. The maximum Gasteiger partial charge on any atom is 0.233 e. The molecule has 46 heavy (non-hydrogen) atoms. The van der Waals surface area contributed by atoms with Gasteiger partial charge in [-0.05, 0) is 58.5 Å². The number of ketones is 2. The number of imide groups is 1. The van der Waals surface area contributed by atoms with Crippen LogP contribution >= 0.6 is 15.9 Å². The molecule has 8 rings (SSSR count). The average Bonchev–Trinajstić information content (AvgIpc) is 3.33. The molecule has 232 valence electrons. The lowest BCUT2D eigenvalue weighted by Gasteiger charge is -2.42. The zero-order valence-electron chi connectivity index (χ0n) is 25.2. The lowest BCUT2D eigenvalue weighted by atomic mass is 9.59. The van der Waals surface area contributed by atoms with Crippen molar-refractivity contribution in [3.8, 4) is 5.75 Å². The summed E-state index contributed by atoms with van der Waals surface area (Å²) in [5.74, 6) is -3.00. The summed E-state index contributed by atoms with van der Waals surface area (Å²) < 4.78 is 0.190. The van der Waals surface area contributed by atoms with Gasteiger partial charge in [0.05, 0.1) is 16.3 Å². The molecular formula is C38H33BrN2O5. The zero-order chi connectivity index (χ0) is 31.7. The lowest BCUT2D eigenvalue weighted by molar-refractivity contribution is -0.144. The van der Waals surface area contributed by atoms with Crippen molar-refractivity contribution in [2.75, 3.05) is 13.1 Å². The van der Waals surface area contributed by atoms with Crippen LogP contribution in [0.25, 0.3) is 10.8 Å². The third-order valence-electron chi connectivity index (χ3n) is 10.8. The number of phenolic OH excluding ortho intramolecular Hbond substituents is 1. The highest BCUT2D eigenvalue weighted by atomic mass is 79.9. The van der Waals surface area contributed by atoms with E-state index in [1.807, 2.05) is 60.7 Å². The summed E-state index contributed by atoms with van der Waals surface area (Å²) in [6.07, 6.45) is 5.37. The number of carbonyl (C=O) groups is 4. The van der Waals surface area contributed by atoms with Crippen LogP contribution in [-0.2, 0) is 25.7 Å². The first-order chi connectivity index (χ1) is 22.3. The van der Waals surface area contributed by atoms with Gasteiger partial charge in [-0.2, -0.15) is 0 Å². The van der Waals surface area contributed by atoms with Crippen LogP contribution in [0.5, 0.6) is 5.75 Å². The predicted octanol–water partition coefficient (Wildman–Crippen LogP) is 5.97. The van der Waals surface area contributed by atoms with Crippen molar-refractivity contribution in [1.29, 1.82) is 0 Å². The maximum atomic E-state index is 14.4. The Morgan fingerprint density at radius 1 is 0.848 bits per heavy atom. The Balaban J connectivity index is 1.13. The van der Waals surface area contributed by atoms with Gasteiger partial charge in [-0.25, -0.2) is 0 Å². The van der Waals surface area contributed by atoms with Crippen molar-refractivity contribution in [2.24, 2.45) is 17.8 Å². The van der Waals surface area contributed by atoms with Crippen molar-refractivity contribution < 1.29 is 24.3 Å². The van der Waals surface area contributed by atoms with E-state index in [1.165, 1.54) is 11.6 Å². The van der Waals surface area contributed by atoms with Crippen LogP contribution in [0.15, 0.2) is 100 Å². The number of carbonyl (C=O) groups excluding carboxylic acids is 4. The van der Waals surface area contributed by atoms with E-state index in [-0.39, 0.29) is 46.1 Å². The van der Waals surface area contributed by atoms with Crippen LogP contribution in [0.2, 0.25) is 0 Å². The van der Waals surface area contributed by atoms with Crippen LogP contribution in [0, 0.1) is 17.8 Å². The molecule has 2 heterocycles. The lowest BCUT2D eigenvalue weighted by Crippen LogP contribution is -2.47. The van der Waals surface area contributed by atoms with Crippen molar-refractivity contribution >= 4 is 50.1 Å². The Labute approximate surface area is 275 Å². The molecule has 7 nitrogen and oxygen atoms in total. The van der Waals surface area contributed by atoms with Crippen LogP contribution < -0.4 is 0 Å². The molecule has 2 aliphatic heterocycles. The molecule has 1 N–H and O–H groups in total. The number of hydrogen-bond acceptors (Lipinski definition) is 6. The number of piperidine rings is 1. The van der Waals surface area contributed by atoms with Gasteiger partial charge in [-0.1, -0.05) is 78.4 Å². The van der Waals surface area contributed by atoms with E-state index >= 15 is 0 Å². The molecule has 0 aromatic heterocycles. The number of rotatable bonds is 4. The summed E-state index contributed by atoms with van der Waals surface area (Å²) in [4.78, 5) is 59.4. The van der Waals surface area contributed by atoms with Gasteiger partial charge in [-0.3, -0.25) is 29.0 Å². The van der Waals surface area contributed by atoms with E-state index in [1.54, 1.807) is 4.90 Å². The molecule has 0 spiro atoms. The van der Waals surface area contributed by atoms with Gasteiger partial charge in [0, 0.05) is 59.8 Å². The van der Waals surface area contributed by atoms with Gasteiger partial charge in [0.1, 0.15) is 5.75 Å². The number of allylic oxidation sites excluding steroid dienone is 6. The second kappa shape index (κ2) is 11.3. The quantitative estimate of drug-likeness (QED) is 0.208. The largest absolute Gasteiger partial charge is 0.507 e. The van der Waals surface area contributed by atoms with Gasteiger partial charge in [-0.15, -0.1) is 0 Å². The Hall–Kier alpha value is -4.14. The first-order valence-corrected chi connectivity index (χ1v) is 16.8. The molecule has 4 atom stereocenters. The number of nitrogens with zero attached hydrogens (tertiary/aromatic N) is 2. The highest BCUT2D eigenvalue weighted by molar-refractivity contribution is 9.12. The molecular weight excluding hydrogens is 644 g/mol. The number of Topliss-reactive ketones (excluding diaryl/α,β-unsaturated/α-hetero) is 1. The molecule has 0 bridgehead atoms. The van der Waals surface area contributed by atoms with Crippen LogP contribution in [-0.4, -0.2) is 57.4 Å². The Kier molecular flexibility index (Phi) is 7.18. The number of likely N-dealkylation sites (tertiary alicyclic amines) is 2. The van der Waals surface area contributed by atoms with E-state index in [0.717, 1.165) is 43.4 Å². The molecule has 3 aliphatic carbocycles. The molecule has 5 aliphatic rings. The molecule has 2 fully saturated rings.